The summed E-state index contributed by atoms with van der Waals surface area (Å²) in [7, 11) is 1.85. The van der Waals surface area contributed by atoms with Crippen LogP contribution in [0.3, 0.4) is 0 Å². The summed E-state index contributed by atoms with van der Waals surface area (Å²) in [5.74, 6) is -3.80. The molecule has 19 heavy (non-hydrogen) atoms. The molecule has 1 N–H and O–H groups in total. The maximum atomic E-state index is 13.2. The van der Waals surface area contributed by atoms with E-state index in [2.05, 4.69) is 5.32 Å². The molecule has 0 amide bonds. The molecular weight excluding hydrogens is 251 g/mol. The summed E-state index contributed by atoms with van der Waals surface area (Å²) in [5, 5.41) is 3.10. The topological polar surface area (TPSA) is 12.0 Å². The minimum Gasteiger partial charge on any atom is -0.313 e. The number of benzene rings is 2. The molecule has 0 aromatic heterocycles. The molecule has 0 heterocycles. The summed E-state index contributed by atoms with van der Waals surface area (Å²) < 4.78 is 39.2. The van der Waals surface area contributed by atoms with Gasteiger partial charge in [0, 0.05) is 6.04 Å². The summed E-state index contributed by atoms with van der Waals surface area (Å²) in [6, 6.07) is 9.44. The SMILES string of the molecule is CNC(C)c1ccc(-c2cc(F)c(F)c(F)c2)cc1. The Morgan fingerprint density at radius 2 is 1.42 bits per heavy atom. The van der Waals surface area contributed by atoms with E-state index in [9.17, 15) is 13.2 Å². The molecule has 0 aliphatic carbocycles. The molecule has 0 spiro atoms. The van der Waals surface area contributed by atoms with Crippen LogP contribution < -0.4 is 5.32 Å². The van der Waals surface area contributed by atoms with E-state index in [0.29, 0.717) is 11.1 Å². The zero-order chi connectivity index (χ0) is 14.0. The van der Waals surface area contributed by atoms with Gasteiger partial charge in [0.15, 0.2) is 17.5 Å². The van der Waals surface area contributed by atoms with E-state index in [1.165, 1.54) is 0 Å². The van der Waals surface area contributed by atoms with Crippen LogP contribution in [0.1, 0.15) is 18.5 Å². The fraction of sp³-hybridized carbons (Fsp3) is 0.200. The van der Waals surface area contributed by atoms with Crippen molar-refractivity contribution in [2.45, 2.75) is 13.0 Å². The molecule has 0 radical (unpaired) electrons. The van der Waals surface area contributed by atoms with Crippen molar-refractivity contribution in [2.75, 3.05) is 7.05 Å². The molecule has 2 aromatic rings. The lowest BCUT2D eigenvalue weighted by molar-refractivity contribution is 0.448. The van der Waals surface area contributed by atoms with Crippen LogP contribution in [0.25, 0.3) is 11.1 Å². The monoisotopic (exact) mass is 265 g/mol. The van der Waals surface area contributed by atoms with Crippen LogP contribution >= 0.6 is 0 Å². The Morgan fingerprint density at radius 1 is 0.895 bits per heavy atom. The van der Waals surface area contributed by atoms with Gasteiger partial charge in [-0.2, -0.15) is 0 Å². The fourth-order valence-electron chi connectivity index (χ4n) is 1.85. The summed E-state index contributed by atoms with van der Waals surface area (Å²) in [5.41, 5.74) is 2.03. The molecule has 0 aliphatic heterocycles. The van der Waals surface area contributed by atoms with Crippen LogP contribution in [0.4, 0.5) is 13.2 Å². The third kappa shape index (κ3) is 2.79. The van der Waals surface area contributed by atoms with E-state index in [4.69, 9.17) is 0 Å². The molecule has 1 unspecified atom stereocenters. The average Bonchev–Trinajstić information content (AvgIpc) is 2.43. The summed E-state index contributed by atoms with van der Waals surface area (Å²) >= 11 is 0. The maximum Gasteiger partial charge on any atom is 0.194 e. The molecule has 4 heteroatoms. The molecule has 1 nitrogen and oxygen atoms in total. The lowest BCUT2D eigenvalue weighted by Crippen LogP contribution is -2.11. The molecule has 0 aliphatic rings. The van der Waals surface area contributed by atoms with Gasteiger partial charge in [0.25, 0.3) is 0 Å². The van der Waals surface area contributed by atoms with Gasteiger partial charge in [0.2, 0.25) is 0 Å². The molecule has 0 fully saturated rings. The van der Waals surface area contributed by atoms with Gasteiger partial charge < -0.3 is 5.32 Å². The zero-order valence-electron chi connectivity index (χ0n) is 10.7. The molecule has 2 aromatic carbocycles. The first-order chi connectivity index (χ1) is 9.02. The van der Waals surface area contributed by atoms with Crippen molar-refractivity contribution in [3.63, 3.8) is 0 Å². The summed E-state index contributed by atoms with van der Waals surface area (Å²) in [4.78, 5) is 0. The molecule has 0 bridgehead atoms. The van der Waals surface area contributed by atoms with Gasteiger partial charge in [-0.3, -0.25) is 0 Å². The Bertz CT molecular complexity index is 555. The van der Waals surface area contributed by atoms with Gasteiger partial charge in [-0.25, -0.2) is 13.2 Å². The lowest BCUT2D eigenvalue weighted by atomic mass is 10.0. The third-order valence-electron chi connectivity index (χ3n) is 3.16. The predicted molar refractivity (Wildman–Crippen MR) is 69.2 cm³/mol. The van der Waals surface area contributed by atoms with Crippen LogP contribution in [-0.2, 0) is 0 Å². The Morgan fingerprint density at radius 3 is 1.89 bits per heavy atom. The van der Waals surface area contributed by atoms with E-state index >= 15 is 0 Å². The van der Waals surface area contributed by atoms with Crippen LogP contribution in [0.15, 0.2) is 36.4 Å². The van der Waals surface area contributed by atoms with Gasteiger partial charge in [0.1, 0.15) is 0 Å². The summed E-state index contributed by atoms with van der Waals surface area (Å²) in [6.07, 6.45) is 0. The molecule has 2 rings (SSSR count). The van der Waals surface area contributed by atoms with Gasteiger partial charge in [-0.1, -0.05) is 24.3 Å². The largest absolute Gasteiger partial charge is 0.313 e. The highest BCUT2D eigenvalue weighted by Gasteiger charge is 2.11. The Kier molecular flexibility index (Phi) is 3.90. The lowest BCUT2D eigenvalue weighted by Gasteiger charge is -2.11. The number of hydrogen-bond acceptors (Lipinski definition) is 1. The van der Waals surface area contributed by atoms with E-state index in [0.717, 1.165) is 17.7 Å². The van der Waals surface area contributed by atoms with Crippen molar-refractivity contribution < 1.29 is 13.2 Å². The Labute approximate surface area is 110 Å². The Hall–Kier alpha value is -1.81. The van der Waals surface area contributed by atoms with Crippen LogP contribution in [0, 0.1) is 17.5 Å². The standard InChI is InChI=1S/C15H14F3N/c1-9(19-2)10-3-5-11(6-4-10)12-7-13(16)15(18)14(17)8-12/h3-9,19H,1-2H3. The first-order valence-corrected chi connectivity index (χ1v) is 5.95. The fourth-order valence-corrected chi connectivity index (χ4v) is 1.85. The van der Waals surface area contributed by atoms with E-state index in [-0.39, 0.29) is 6.04 Å². The van der Waals surface area contributed by atoms with Gasteiger partial charge in [0.05, 0.1) is 0 Å². The van der Waals surface area contributed by atoms with Crippen molar-refractivity contribution >= 4 is 0 Å². The first kappa shape index (κ1) is 13.6. The van der Waals surface area contributed by atoms with Crippen molar-refractivity contribution in [1.29, 1.82) is 0 Å². The second-order valence-electron chi connectivity index (χ2n) is 4.39. The van der Waals surface area contributed by atoms with E-state index in [1.807, 2.05) is 26.1 Å². The van der Waals surface area contributed by atoms with Crippen LogP contribution in [0.5, 0.6) is 0 Å². The first-order valence-electron chi connectivity index (χ1n) is 5.95. The highest BCUT2D eigenvalue weighted by molar-refractivity contribution is 5.64. The van der Waals surface area contributed by atoms with E-state index in [1.54, 1.807) is 12.1 Å². The van der Waals surface area contributed by atoms with Crippen LogP contribution in [-0.4, -0.2) is 7.05 Å². The number of rotatable bonds is 3. The third-order valence-corrected chi connectivity index (χ3v) is 3.16. The highest BCUT2D eigenvalue weighted by Crippen LogP contribution is 2.25. The normalized spacial score (nSPS) is 12.5. The average molecular weight is 265 g/mol. The predicted octanol–water partition coefficient (Wildman–Crippen LogP) is 4.05. The highest BCUT2D eigenvalue weighted by atomic mass is 19.2. The molecular formula is C15H14F3N. The van der Waals surface area contributed by atoms with Gasteiger partial charge in [-0.15, -0.1) is 0 Å². The molecule has 100 valence electrons. The molecule has 0 saturated heterocycles. The number of halogens is 3. The number of nitrogens with one attached hydrogen (secondary N) is 1. The Balaban J connectivity index is 2.37. The van der Waals surface area contributed by atoms with Crippen molar-refractivity contribution in [3.8, 4) is 11.1 Å². The second-order valence-corrected chi connectivity index (χ2v) is 4.39. The van der Waals surface area contributed by atoms with Gasteiger partial charge >= 0.3 is 0 Å². The maximum absolute atomic E-state index is 13.2. The zero-order valence-corrected chi connectivity index (χ0v) is 10.7. The smallest absolute Gasteiger partial charge is 0.194 e. The minimum absolute atomic E-state index is 0.191. The quantitative estimate of drug-likeness (QED) is 0.825. The summed E-state index contributed by atoms with van der Waals surface area (Å²) in [6.45, 7) is 2.01. The van der Waals surface area contributed by atoms with E-state index < -0.39 is 17.5 Å². The molecule has 1 atom stereocenters. The minimum atomic E-state index is -1.44. The molecule has 0 saturated carbocycles. The second kappa shape index (κ2) is 5.45. The number of hydrogen-bond donors (Lipinski definition) is 1. The van der Waals surface area contributed by atoms with Gasteiger partial charge in [-0.05, 0) is 42.8 Å². The van der Waals surface area contributed by atoms with Crippen molar-refractivity contribution in [2.24, 2.45) is 0 Å². The van der Waals surface area contributed by atoms with Crippen molar-refractivity contribution in [3.05, 3.63) is 59.4 Å². The van der Waals surface area contributed by atoms with Crippen molar-refractivity contribution in [1.82, 2.24) is 5.32 Å². The van der Waals surface area contributed by atoms with Crippen LogP contribution in [0.2, 0.25) is 0 Å².